The van der Waals surface area contributed by atoms with Gasteiger partial charge in [0, 0.05) is 0 Å². The first-order chi connectivity index (χ1) is 6.86. The molecule has 2 aromatic heterocycles. The monoisotopic (exact) mass is 326 g/mol. The van der Waals surface area contributed by atoms with Crippen molar-refractivity contribution in [3.05, 3.63) is 56.2 Å². The smallest absolute Gasteiger partial charge is 0.673 e. The second-order valence-electron chi connectivity index (χ2n) is 2.51. The average Bonchev–Trinajstić information content (AvgIpc) is 2.92. The molecule has 0 saturated carbocycles. The number of thiophene rings is 2. The van der Waals surface area contributed by atoms with Crippen molar-refractivity contribution in [2.75, 3.05) is 0 Å². The minimum atomic E-state index is 0. The zero-order chi connectivity index (χ0) is 10.2. The maximum atomic E-state index is 6.87. The molecule has 2 N–H and O–H groups in total. The second-order valence-corrected chi connectivity index (χ2v) is 4.58. The summed E-state index contributed by atoms with van der Waals surface area (Å²) >= 11 is 3.27. The van der Waals surface area contributed by atoms with Gasteiger partial charge in [-0.2, -0.15) is 22.7 Å². The van der Waals surface area contributed by atoms with E-state index in [0.29, 0.717) is 13.1 Å². The number of hydrogen-bond acceptors (Lipinski definition) is 2. The molecular formula is C10H12N2RuS2. The molecule has 0 atom stereocenters. The number of nitrogens with one attached hydrogen (secondary N) is 2. The van der Waals surface area contributed by atoms with Crippen LogP contribution in [0.25, 0.3) is 11.5 Å². The largest absolute Gasteiger partial charge is 2.00 e. The van der Waals surface area contributed by atoms with Gasteiger partial charge in [-0.05, 0) is 20.5 Å². The van der Waals surface area contributed by atoms with E-state index in [1.54, 1.807) is 22.7 Å². The van der Waals surface area contributed by atoms with Crippen LogP contribution in [0.2, 0.25) is 0 Å². The third-order valence-electron chi connectivity index (χ3n) is 1.51. The van der Waals surface area contributed by atoms with Crippen LogP contribution < -0.4 is 0 Å². The molecule has 2 aromatic rings. The fourth-order valence-corrected chi connectivity index (χ4v) is 1.97. The van der Waals surface area contributed by atoms with Crippen LogP contribution in [-0.2, 0) is 32.6 Å². The third-order valence-corrected chi connectivity index (χ3v) is 3.26. The summed E-state index contributed by atoms with van der Waals surface area (Å²) in [7, 11) is 0. The van der Waals surface area contributed by atoms with Gasteiger partial charge in [-0.3, -0.25) is 0 Å². The second kappa shape index (κ2) is 9.19. The topological polar surface area (TPSA) is 47.6 Å². The fraction of sp³-hybridized carbons (Fsp3) is 0.200. The molecule has 2 rings (SSSR count). The van der Waals surface area contributed by atoms with E-state index in [0.717, 1.165) is 9.75 Å². The molecule has 0 aliphatic carbocycles. The first-order valence-corrected chi connectivity index (χ1v) is 5.96. The molecule has 0 saturated heterocycles. The molecule has 5 heteroatoms. The van der Waals surface area contributed by atoms with Crippen LogP contribution in [0.15, 0.2) is 35.0 Å². The van der Waals surface area contributed by atoms with Gasteiger partial charge in [0.25, 0.3) is 0 Å². The van der Waals surface area contributed by atoms with Crippen LogP contribution in [0.5, 0.6) is 0 Å². The molecular weight excluding hydrogens is 313 g/mol. The molecule has 0 unspecified atom stereocenters. The van der Waals surface area contributed by atoms with Gasteiger partial charge in [-0.1, -0.05) is 24.3 Å². The zero-order valence-electron chi connectivity index (χ0n) is 8.05. The van der Waals surface area contributed by atoms with Crippen molar-refractivity contribution in [1.29, 1.82) is 0 Å². The minimum Gasteiger partial charge on any atom is -0.673 e. The van der Waals surface area contributed by atoms with Gasteiger partial charge in [0.15, 0.2) is 0 Å². The summed E-state index contributed by atoms with van der Waals surface area (Å²) in [6.07, 6.45) is 0. The van der Waals surface area contributed by atoms with Crippen LogP contribution >= 0.6 is 22.7 Å². The Labute approximate surface area is 111 Å². The van der Waals surface area contributed by atoms with E-state index >= 15 is 0 Å². The summed E-state index contributed by atoms with van der Waals surface area (Å²) in [6, 6.07) is 7.87. The van der Waals surface area contributed by atoms with Crippen molar-refractivity contribution in [3.63, 3.8) is 0 Å². The van der Waals surface area contributed by atoms with Crippen molar-refractivity contribution < 1.29 is 19.5 Å². The summed E-state index contributed by atoms with van der Waals surface area (Å²) in [4.78, 5) is 2.28. The molecule has 0 radical (unpaired) electrons. The van der Waals surface area contributed by atoms with E-state index in [9.17, 15) is 0 Å². The number of hydrogen-bond donors (Lipinski definition) is 0. The Kier molecular flexibility index (Phi) is 9.16. The zero-order valence-corrected chi connectivity index (χ0v) is 11.4. The summed E-state index contributed by atoms with van der Waals surface area (Å²) in [6.45, 7) is 0.856. The van der Waals surface area contributed by atoms with Gasteiger partial charge in [-0.25, -0.2) is 0 Å². The van der Waals surface area contributed by atoms with E-state index in [-0.39, 0.29) is 19.5 Å². The van der Waals surface area contributed by atoms with E-state index in [1.807, 2.05) is 35.0 Å². The Morgan fingerprint density at radius 1 is 0.867 bits per heavy atom. The minimum absolute atomic E-state index is 0. The van der Waals surface area contributed by atoms with Crippen molar-refractivity contribution in [3.8, 4) is 0 Å². The molecule has 15 heavy (non-hydrogen) atoms. The van der Waals surface area contributed by atoms with Crippen molar-refractivity contribution >= 4 is 22.7 Å². The van der Waals surface area contributed by atoms with Gasteiger partial charge >= 0.3 is 19.5 Å². The van der Waals surface area contributed by atoms with Crippen LogP contribution in [0.3, 0.4) is 0 Å². The van der Waals surface area contributed by atoms with E-state index in [4.69, 9.17) is 11.5 Å². The van der Waals surface area contributed by atoms with Crippen LogP contribution in [0.1, 0.15) is 9.75 Å². The molecule has 2 heterocycles. The molecule has 0 fully saturated rings. The summed E-state index contributed by atoms with van der Waals surface area (Å²) < 4.78 is 0. The van der Waals surface area contributed by atoms with Crippen molar-refractivity contribution in [2.45, 2.75) is 13.1 Å². The Bertz CT molecular complexity index is 285. The predicted molar refractivity (Wildman–Crippen MR) is 64.7 cm³/mol. The van der Waals surface area contributed by atoms with E-state index in [1.165, 1.54) is 0 Å². The van der Waals surface area contributed by atoms with E-state index < -0.39 is 0 Å². The SMILES string of the molecule is [NH-]Cc1cccs1.[NH-]Cc1cccs1.[Ru+2]. The molecule has 82 valence electrons. The Morgan fingerprint density at radius 2 is 1.27 bits per heavy atom. The van der Waals surface area contributed by atoms with Crippen molar-refractivity contribution in [2.24, 2.45) is 0 Å². The third kappa shape index (κ3) is 6.18. The maximum absolute atomic E-state index is 6.87. The first-order valence-electron chi connectivity index (χ1n) is 4.20. The van der Waals surface area contributed by atoms with E-state index in [2.05, 4.69) is 0 Å². The standard InChI is InChI=1S/2C5H6NS.Ru/c2*6-4-5-2-1-3-7-5;/h2*1-3,6H,4H2;/q2*-1;+2. The van der Waals surface area contributed by atoms with Gasteiger partial charge in [0.1, 0.15) is 0 Å². The summed E-state index contributed by atoms with van der Waals surface area (Å²) in [5, 5.41) is 3.98. The van der Waals surface area contributed by atoms with Crippen LogP contribution in [0.4, 0.5) is 0 Å². The molecule has 2 nitrogen and oxygen atoms in total. The van der Waals surface area contributed by atoms with Gasteiger partial charge < -0.3 is 11.5 Å². The Morgan fingerprint density at radius 3 is 1.40 bits per heavy atom. The van der Waals surface area contributed by atoms with Crippen LogP contribution in [0, 0.1) is 0 Å². The van der Waals surface area contributed by atoms with Gasteiger partial charge in [0.05, 0.1) is 0 Å². The fourth-order valence-electron chi connectivity index (χ4n) is 0.826. The van der Waals surface area contributed by atoms with Gasteiger partial charge in [0.2, 0.25) is 0 Å². The maximum Gasteiger partial charge on any atom is 2.00 e. The van der Waals surface area contributed by atoms with Crippen LogP contribution in [-0.4, -0.2) is 0 Å². The molecule has 0 amide bonds. The predicted octanol–water partition coefficient (Wildman–Crippen LogP) is 4.60. The molecule has 0 aliphatic heterocycles. The van der Waals surface area contributed by atoms with Gasteiger partial charge in [-0.15, -0.1) is 13.1 Å². The molecule has 0 aliphatic rings. The summed E-state index contributed by atoms with van der Waals surface area (Å²) in [5.41, 5.74) is 13.7. The Hall–Kier alpha value is -0.0566. The summed E-state index contributed by atoms with van der Waals surface area (Å²) in [5.74, 6) is 0. The Balaban J connectivity index is 0.000000245. The number of rotatable bonds is 2. The quantitative estimate of drug-likeness (QED) is 0.725. The van der Waals surface area contributed by atoms with Crippen molar-refractivity contribution in [1.82, 2.24) is 0 Å². The average molecular weight is 325 g/mol. The molecule has 0 aromatic carbocycles. The molecule has 0 bridgehead atoms. The normalized spacial score (nSPS) is 8.67. The first kappa shape index (κ1) is 14.9. The molecule has 0 spiro atoms.